The molecule has 3 rings (SSSR count). The van der Waals surface area contributed by atoms with Crippen LogP contribution in [0.1, 0.15) is 89.2 Å². The van der Waals surface area contributed by atoms with E-state index in [1.807, 2.05) is 0 Å². The molecule has 0 radical (unpaired) electrons. The third-order valence-electron chi connectivity index (χ3n) is 7.04. The Morgan fingerprint density at radius 3 is 2.02 bits per heavy atom. The number of benzene rings is 1. The van der Waals surface area contributed by atoms with Gasteiger partial charge >= 0.3 is 29.8 Å². The summed E-state index contributed by atoms with van der Waals surface area (Å²) in [5.74, 6) is -3.30. The monoisotopic (exact) mass is 661 g/mol. The van der Waals surface area contributed by atoms with Gasteiger partial charge in [0.2, 0.25) is 0 Å². The van der Waals surface area contributed by atoms with Crippen LogP contribution >= 0.6 is 0 Å². The number of carbonyl (C=O) groups excluding carboxylic acids is 5. The number of aromatic nitrogens is 3. The molecule has 1 fully saturated rings. The fourth-order valence-electron chi connectivity index (χ4n) is 4.93. The molecule has 47 heavy (non-hydrogen) atoms. The molecule has 0 aliphatic carbocycles. The van der Waals surface area contributed by atoms with E-state index in [0.717, 1.165) is 40.0 Å². The molecule has 1 aliphatic rings. The zero-order valence-electron chi connectivity index (χ0n) is 27.4. The highest BCUT2D eigenvalue weighted by molar-refractivity contribution is 5.89. The molecule has 0 amide bonds. The van der Waals surface area contributed by atoms with Crippen LogP contribution in [-0.2, 0) is 58.9 Å². The van der Waals surface area contributed by atoms with Crippen molar-refractivity contribution < 1.29 is 57.1 Å². The molecule has 258 valence electrons. The third kappa shape index (κ3) is 11.7. The van der Waals surface area contributed by atoms with Crippen LogP contribution in [0.2, 0.25) is 0 Å². The van der Waals surface area contributed by atoms with Crippen molar-refractivity contribution in [3.8, 4) is 5.69 Å². The van der Waals surface area contributed by atoms with Crippen molar-refractivity contribution in [3.63, 3.8) is 0 Å². The second-order valence-electron chi connectivity index (χ2n) is 11.0. The van der Waals surface area contributed by atoms with E-state index in [2.05, 4.69) is 17.2 Å². The molecule has 0 saturated carbocycles. The van der Waals surface area contributed by atoms with Crippen molar-refractivity contribution in [2.45, 2.75) is 110 Å². The number of ether oxygens (including phenoxy) is 7. The highest BCUT2D eigenvalue weighted by Crippen LogP contribution is 2.30. The van der Waals surface area contributed by atoms with Crippen molar-refractivity contribution in [2.75, 3.05) is 13.2 Å². The average molecular weight is 662 g/mol. The Balaban J connectivity index is 1.73. The average Bonchev–Trinajstić information content (AvgIpc) is 3.49. The summed E-state index contributed by atoms with van der Waals surface area (Å²) in [6, 6.07) is 6.58. The van der Waals surface area contributed by atoms with E-state index in [4.69, 9.17) is 33.2 Å². The number of nitrogens with zero attached hydrogens (tertiary/aromatic N) is 3. The smallest absolute Gasteiger partial charge is 0.338 e. The van der Waals surface area contributed by atoms with Crippen molar-refractivity contribution in [2.24, 2.45) is 0 Å². The standard InChI is InChI=1S/C32H43N3O12/c1-6-7-8-9-10-11-16-41-31(40)24-12-14-25(15-13-24)35-26(17-33-34-35)18-43-32-30(46-23(5)39)29(45-22(4)38)28(44-21(3)37)27(47-32)19-42-20(2)36/h12-15,17,27-30,32H,6-11,16,18-19H2,1-5H3/t27-,28-,29+,30+,32+/m1/s1. The zero-order chi connectivity index (χ0) is 34.3. The Kier molecular flexibility index (Phi) is 14.8. The fraction of sp³-hybridized carbons (Fsp3) is 0.594. The summed E-state index contributed by atoms with van der Waals surface area (Å²) in [5, 5.41) is 8.06. The molecule has 0 N–H and O–H groups in total. The third-order valence-corrected chi connectivity index (χ3v) is 7.04. The van der Waals surface area contributed by atoms with Gasteiger partial charge in [0.25, 0.3) is 0 Å². The first kappa shape index (κ1) is 37.1. The molecule has 5 atom stereocenters. The van der Waals surface area contributed by atoms with Gasteiger partial charge in [-0.05, 0) is 30.7 Å². The van der Waals surface area contributed by atoms with E-state index >= 15 is 0 Å². The number of esters is 5. The number of hydrogen-bond acceptors (Lipinski definition) is 14. The van der Waals surface area contributed by atoms with E-state index in [1.54, 1.807) is 24.3 Å². The highest BCUT2D eigenvalue weighted by Gasteiger charge is 2.52. The van der Waals surface area contributed by atoms with E-state index < -0.39 is 60.6 Å². The van der Waals surface area contributed by atoms with Gasteiger partial charge in [0.15, 0.2) is 24.6 Å². The molecule has 2 aromatic rings. The molecule has 1 aromatic heterocycles. The number of rotatable bonds is 17. The van der Waals surface area contributed by atoms with Gasteiger partial charge in [-0.15, -0.1) is 5.10 Å². The van der Waals surface area contributed by atoms with Gasteiger partial charge in [-0.2, -0.15) is 0 Å². The lowest BCUT2D eigenvalue weighted by Crippen LogP contribution is -2.62. The number of unbranched alkanes of at least 4 members (excludes halogenated alkanes) is 5. The predicted molar refractivity (Wildman–Crippen MR) is 162 cm³/mol. The first-order chi connectivity index (χ1) is 22.5. The van der Waals surface area contributed by atoms with Gasteiger partial charge in [-0.3, -0.25) is 19.2 Å². The molecule has 0 spiro atoms. The van der Waals surface area contributed by atoms with E-state index in [1.165, 1.54) is 37.1 Å². The van der Waals surface area contributed by atoms with Crippen LogP contribution in [-0.4, -0.2) is 88.8 Å². The van der Waals surface area contributed by atoms with Crippen LogP contribution in [0.4, 0.5) is 0 Å². The summed E-state index contributed by atoms with van der Waals surface area (Å²) in [6.07, 6.45) is 1.39. The SMILES string of the molecule is CCCCCCCCOC(=O)c1ccc(-n2nncc2CO[C@H]2O[C@H](COC(C)=O)[C@@H](OC(C)=O)[C@H](OC(C)=O)[C@@H]2OC(C)=O)cc1. The summed E-state index contributed by atoms with van der Waals surface area (Å²) in [6.45, 7) is 6.54. The molecule has 1 saturated heterocycles. The van der Waals surface area contributed by atoms with Crippen molar-refractivity contribution in [3.05, 3.63) is 41.7 Å². The molecule has 2 heterocycles. The van der Waals surface area contributed by atoms with Crippen LogP contribution in [0.15, 0.2) is 30.5 Å². The normalized spacial score (nSPS) is 20.6. The maximum absolute atomic E-state index is 12.5. The van der Waals surface area contributed by atoms with Gasteiger partial charge in [-0.25, -0.2) is 9.48 Å². The molecule has 0 bridgehead atoms. The second kappa shape index (κ2) is 18.7. The molecule has 1 aromatic carbocycles. The maximum Gasteiger partial charge on any atom is 0.338 e. The minimum atomic E-state index is -1.37. The van der Waals surface area contributed by atoms with Gasteiger partial charge in [0.1, 0.15) is 12.7 Å². The van der Waals surface area contributed by atoms with Crippen LogP contribution in [0.25, 0.3) is 5.69 Å². The lowest BCUT2D eigenvalue weighted by molar-refractivity contribution is -0.311. The Bertz CT molecular complexity index is 1350. The van der Waals surface area contributed by atoms with Gasteiger partial charge < -0.3 is 33.2 Å². The van der Waals surface area contributed by atoms with Crippen molar-refractivity contribution >= 4 is 29.8 Å². The van der Waals surface area contributed by atoms with E-state index in [-0.39, 0.29) is 13.2 Å². The Morgan fingerprint density at radius 1 is 0.766 bits per heavy atom. The predicted octanol–water partition coefficient (Wildman–Crippen LogP) is 3.38. The quantitative estimate of drug-likeness (QED) is 0.137. The fourth-order valence-corrected chi connectivity index (χ4v) is 4.93. The lowest BCUT2D eigenvalue weighted by atomic mass is 9.98. The number of hydrogen-bond donors (Lipinski definition) is 0. The molecule has 15 nitrogen and oxygen atoms in total. The Morgan fingerprint density at radius 2 is 1.38 bits per heavy atom. The van der Waals surface area contributed by atoms with E-state index in [0.29, 0.717) is 23.6 Å². The first-order valence-electron chi connectivity index (χ1n) is 15.6. The molecule has 15 heteroatoms. The van der Waals surface area contributed by atoms with Gasteiger partial charge in [0, 0.05) is 27.7 Å². The van der Waals surface area contributed by atoms with Crippen LogP contribution in [0, 0.1) is 0 Å². The minimum Gasteiger partial charge on any atom is -0.463 e. The maximum atomic E-state index is 12.5. The van der Waals surface area contributed by atoms with Gasteiger partial charge in [0.05, 0.1) is 36.4 Å². The van der Waals surface area contributed by atoms with Crippen LogP contribution < -0.4 is 0 Å². The summed E-state index contributed by atoms with van der Waals surface area (Å²) < 4.78 is 40.2. The van der Waals surface area contributed by atoms with Crippen molar-refractivity contribution in [1.29, 1.82) is 0 Å². The highest BCUT2D eigenvalue weighted by atomic mass is 16.7. The lowest BCUT2D eigenvalue weighted by Gasteiger charge is -2.44. The van der Waals surface area contributed by atoms with Crippen molar-refractivity contribution in [1.82, 2.24) is 15.0 Å². The Hall–Kier alpha value is -4.37. The molecule has 0 unspecified atom stereocenters. The topological polar surface area (TPSA) is 181 Å². The van der Waals surface area contributed by atoms with Crippen LogP contribution in [0.3, 0.4) is 0 Å². The largest absolute Gasteiger partial charge is 0.463 e. The molecular formula is C32H43N3O12. The summed E-state index contributed by atoms with van der Waals surface area (Å²) in [5.41, 5.74) is 1.39. The van der Waals surface area contributed by atoms with Gasteiger partial charge in [-0.1, -0.05) is 44.2 Å². The first-order valence-corrected chi connectivity index (χ1v) is 15.6. The molecule has 1 aliphatic heterocycles. The molecular weight excluding hydrogens is 618 g/mol. The Labute approximate surface area is 273 Å². The summed E-state index contributed by atoms with van der Waals surface area (Å²) in [7, 11) is 0. The summed E-state index contributed by atoms with van der Waals surface area (Å²) in [4.78, 5) is 60.1. The minimum absolute atomic E-state index is 0.192. The second-order valence-corrected chi connectivity index (χ2v) is 11.0. The summed E-state index contributed by atoms with van der Waals surface area (Å²) >= 11 is 0. The van der Waals surface area contributed by atoms with E-state index in [9.17, 15) is 24.0 Å². The van der Waals surface area contributed by atoms with Crippen LogP contribution in [0.5, 0.6) is 0 Å². The number of carbonyl (C=O) groups is 5. The zero-order valence-corrected chi connectivity index (χ0v) is 27.4.